The van der Waals surface area contributed by atoms with Crippen LogP contribution in [0.25, 0.3) is 0 Å². The molecule has 0 saturated carbocycles. The first-order valence-corrected chi connectivity index (χ1v) is 6.17. The number of hydrogen-bond acceptors (Lipinski definition) is 3. The van der Waals surface area contributed by atoms with Gasteiger partial charge in [-0.15, -0.1) is 0 Å². The lowest BCUT2D eigenvalue weighted by molar-refractivity contribution is 0.0694. The van der Waals surface area contributed by atoms with Crippen molar-refractivity contribution < 1.29 is 19.4 Å². The third-order valence-electron chi connectivity index (χ3n) is 2.66. The molecule has 5 heteroatoms. The van der Waals surface area contributed by atoms with Crippen LogP contribution in [0.1, 0.15) is 27.6 Å². The van der Waals surface area contributed by atoms with E-state index in [2.05, 4.69) is 0 Å². The van der Waals surface area contributed by atoms with Crippen molar-refractivity contribution in [2.45, 2.75) is 6.92 Å². The van der Waals surface area contributed by atoms with Crippen molar-refractivity contribution in [2.75, 3.05) is 0 Å². The maximum atomic E-state index is 11.2. The molecule has 0 aliphatic carbocycles. The van der Waals surface area contributed by atoms with Gasteiger partial charge in [-0.3, -0.25) is 4.79 Å². The van der Waals surface area contributed by atoms with Gasteiger partial charge in [-0.2, -0.15) is 0 Å². The molecule has 0 radical (unpaired) electrons. The number of aromatic carboxylic acids is 1. The summed E-state index contributed by atoms with van der Waals surface area (Å²) >= 11 is 5.76. The SMILES string of the molecule is CC(=O)c1ccc(Oc2ccc(Cl)cc2C(=O)O)cc1. The maximum Gasteiger partial charge on any atom is 0.339 e. The van der Waals surface area contributed by atoms with Crippen molar-refractivity contribution in [3.63, 3.8) is 0 Å². The van der Waals surface area contributed by atoms with Gasteiger partial charge >= 0.3 is 5.97 Å². The largest absolute Gasteiger partial charge is 0.478 e. The summed E-state index contributed by atoms with van der Waals surface area (Å²) in [7, 11) is 0. The Bertz CT molecular complexity index is 662. The van der Waals surface area contributed by atoms with Crippen LogP contribution in [0.15, 0.2) is 42.5 Å². The third kappa shape index (κ3) is 3.16. The first-order valence-electron chi connectivity index (χ1n) is 5.79. The van der Waals surface area contributed by atoms with Crippen molar-refractivity contribution in [3.8, 4) is 11.5 Å². The summed E-state index contributed by atoms with van der Waals surface area (Å²) in [6.45, 7) is 1.47. The molecular formula is C15H11ClO4. The second-order valence-electron chi connectivity index (χ2n) is 4.13. The number of carbonyl (C=O) groups excluding carboxylic acids is 1. The topological polar surface area (TPSA) is 63.6 Å². The molecule has 2 aromatic carbocycles. The summed E-state index contributed by atoms with van der Waals surface area (Å²) in [5, 5.41) is 9.42. The van der Waals surface area contributed by atoms with Crippen LogP contribution in [0.2, 0.25) is 5.02 Å². The second-order valence-corrected chi connectivity index (χ2v) is 4.56. The lowest BCUT2D eigenvalue weighted by atomic mass is 10.1. The molecule has 0 aliphatic rings. The van der Waals surface area contributed by atoms with Crippen LogP contribution in [-0.2, 0) is 0 Å². The molecule has 4 nitrogen and oxygen atoms in total. The lowest BCUT2D eigenvalue weighted by Gasteiger charge is -2.09. The Morgan fingerprint density at radius 1 is 1.10 bits per heavy atom. The van der Waals surface area contributed by atoms with Gasteiger partial charge in [-0.25, -0.2) is 4.79 Å². The molecule has 0 aliphatic heterocycles. The molecule has 0 spiro atoms. The molecule has 0 aromatic heterocycles. The fourth-order valence-corrected chi connectivity index (χ4v) is 1.82. The van der Waals surface area contributed by atoms with Crippen molar-refractivity contribution >= 4 is 23.4 Å². The number of carbonyl (C=O) groups is 2. The normalized spacial score (nSPS) is 10.1. The zero-order valence-electron chi connectivity index (χ0n) is 10.6. The molecule has 0 fully saturated rings. The number of rotatable bonds is 4. The quantitative estimate of drug-likeness (QED) is 0.863. The Morgan fingerprint density at radius 3 is 2.30 bits per heavy atom. The molecule has 0 amide bonds. The third-order valence-corrected chi connectivity index (χ3v) is 2.90. The minimum Gasteiger partial charge on any atom is -0.478 e. The number of halogens is 1. The molecular weight excluding hydrogens is 280 g/mol. The second kappa shape index (κ2) is 5.75. The van der Waals surface area contributed by atoms with Crippen LogP contribution in [-0.4, -0.2) is 16.9 Å². The zero-order chi connectivity index (χ0) is 14.7. The van der Waals surface area contributed by atoms with Crippen LogP contribution in [0.4, 0.5) is 0 Å². The molecule has 102 valence electrons. The molecule has 0 unspecified atom stereocenters. The molecule has 20 heavy (non-hydrogen) atoms. The van der Waals surface area contributed by atoms with Gasteiger partial charge in [-0.05, 0) is 49.4 Å². The minimum atomic E-state index is -1.12. The van der Waals surface area contributed by atoms with Crippen molar-refractivity contribution in [1.82, 2.24) is 0 Å². The fourth-order valence-electron chi connectivity index (χ4n) is 1.64. The van der Waals surface area contributed by atoms with E-state index in [4.69, 9.17) is 21.4 Å². The van der Waals surface area contributed by atoms with Crippen molar-refractivity contribution in [1.29, 1.82) is 0 Å². The molecule has 1 N–H and O–H groups in total. The molecule has 0 atom stereocenters. The van der Waals surface area contributed by atoms with Gasteiger partial charge in [-0.1, -0.05) is 11.6 Å². The summed E-state index contributed by atoms with van der Waals surface area (Å²) < 4.78 is 5.51. The van der Waals surface area contributed by atoms with E-state index in [0.29, 0.717) is 16.3 Å². The number of carboxylic acid groups (broad SMARTS) is 1. The Kier molecular flexibility index (Phi) is 4.05. The van der Waals surface area contributed by atoms with Crippen LogP contribution in [0.3, 0.4) is 0 Å². The molecule has 2 rings (SSSR count). The van der Waals surface area contributed by atoms with Crippen molar-refractivity contribution in [2.24, 2.45) is 0 Å². The highest BCUT2D eigenvalue weighted by atomic mass is 35.5. The average Bonchev–Trinajstić information content (AvgIpc) is 2.41. The zero-order valence-corrected chi connectivity index (χ0v) is 11.3. The maximum absolute atomic E-state index is 11.2. The number of Topliss-reactive ketones (excluding diaryl/α,β-unsaturated/α-hetero) is 1. The molecule has 0 heterocycles. The van der Waals surface area contributed by atoms with E-state index in [0.717, 1.165) is 0 Å². The van der Waals surface area contributed by atoms with E-state index >= 15 is 0 Å². The van der Waals surface area contributed by atoms with E-state index < -0.39 is 5.97 Å². The molecule has 0 bridgehead atoms. The standard InChI is InChI=1S/C15H11ClO4/c1-9(17)10-2-5-12(6-3-10)20-14-7-4-11(16)8-13(14)15(18)19/h2-8H,1H3,(H,18,19). The number of benzene rings is 2. The summed E-state index contributed by atoms with van der Waals surface area (Å²) in [4.78, 5) is 22.3. The highest BCUT2D eigenvalue weighted by molar-refractivity contribution is 6.31. The average molecular weight is 291 g/mol. The van der Waals surface area contributed by atoms with Crippen molar-refractivity contribution in [3.05, 3.63) is 58.6 Å². The Morgan fingerprint density at radius 2 is 1.75 bits per heavy atom. The highest BCUT2D eigenvalue weighted by Crippen LogP contribution is 2.28. The predicted octanol–water partition coefficient (Wildman–Crippen LogP) is 4.03. The van der Waals surface area contributed by atoms with Crippen LogP contribution in [0, 0.1) is 0 Å². The van der Waals surface area contributed by atoms with E-state index in [-0.39, 0.29) is 17.1 Å². The lowest BCUT2D eigenvalue weighted by Crippen LogP contribution is -2.00. The summed E-state index contributed by atoms with van der Waals surface area (Å²) in [6, 6.07) is 10.8. The van der Waals surface area contributed by atoms with E-state index in [1.807, 2.05) is 0 Å². The van der Waals surface area contributed by atoms with E-state index in [9.17, 15) is 9.59 Å². The van der Waals surface area contributed by atoms with Gasteiger partial charge in [0.25, 0.3) is 0 Å². The first-order chi connectivity index (χ1) is 9.47. The van der Waals surface area contributed by atoms with Gasteiger partial charge in [0.2, 0.25) is 0 Å². The van der Waals surface area contributed by atoms with E-state index in [1.165, 1.54) is 19.1 Å². The number of ketones is 1. The number of hydrogen-bond donors (Lipinski definition) is 1. The van der Waals surface area contributed by atoms with Gasteiger partial charge < -0.3 is 9.84 Å². The Balaban J connectivity index is 2.30. The smallest absolute Gasteiger partial charge is 0.339 e. The van der Waals surface area contributed by atoms with E-state index in [1.54, 1.807) is 30.3 Å². The molecule has 0 saturated heterocycles. The fraction of sp³-hybridized carbons (Fsp3) is 0.0667. The van der Waals surface area contributed by atoms with Crippen LogP contribution >= 0.6 is 11.6 Å². The summed E-state index contributed by atoms with van der Waals surface area (Å²) in [5.74, 6) is -0.533. The first kappa shape index (κ1) is 14.1. The Hall–Kier alpha value is -2.33. The monoisotopic (exact) mass is 290 g/mol. The van der Waals surface area contributed by atoms with Gasteiger partial charge in [0.05, 0.1) is 0 Å². The van der Waals surface area contributed by atoms with Gasteiger partial charge in [0, 0.05) is 10.6 Å². The number of ether oxygens (including phenoxy) is 1. The van der Waals surface area contributed by atoms with Crippen LogP contribution in [0.5, 0.6) is 11.5 Å². The molecule has 2 aromatic rings. The van der Waals surface area contributed by atoms with Gasteiger partial charge in [0.1, 0.15) is 17.1 Å². The number of carboxylic acids is 1. The summed E-state index contributed by atoms with van der Waals surface area (Å²) in [6.07, 6.45) is 0. The summed E-state index contributed by atoms with van der Waals surface area (Å²) in [5.41, 5.74) is 0.542. The Labute approximate surface area is 120 Å². The minimum absolute atomic E-state index is 0.0202. The van der Waals surface area contributed by atoms with Crippen LogP contribution < -0.4 is 4.74 Å². The van der Waals surface area contributed by atoms with Gasteiger partial charge in [0.15, 0.2) is 5.78 Å². The predicted molar refractivity (Wildman–Crippen MR) is 74.9 cm³/mol. The highest BCUT2D eigenvalue weighted by Gasteiger charge is 2.13.